The van der Waals surface area contributed by atoms with Crippen molar-refractivity contribution in [3.63, 3.8) is 0 Å². The summed E-state index contributed by atoms with van der Waals surface area (Å²) < 4.78 is 0. The van der Waals surface area contributed by atoms with Gasteiger partial charge in [-0.2, -0.15) is 0 Å². The van der Waals surface area contributed by atoms with Gasteiger partial charge in [0.15, 0.2) is 0 Å². The van der Waals surface area contributed by atoms with Crippen LogP contribution in [0.2, 0.25) is 0 Å². The quantitative estimate of drug-likeness (QED) is 0.668. The third-order valence-corrected chi connectivity index (χ3v) is 2.38. The summed E-state index contributed by atoms with van der Waals surface area (Å²) in [6.45, 7) is 2.98. The summed E-state index contributed by atoms with van der Waals surface area (Å²) in [5.41, 5.74) is 0. The second-order valence-electron chi connectivity index (χ2n) is 3.54. The number of aromatic amines is 1. The van der Waals surface area contributed by atoms with E-state index in [0.29, 0.717) is 25.3 Å². The first-order valence-electron chi connectivity index (χ1n) is 5.18. The minimum Gasteiger partial charge on any atom is -0.353 e. The van der Waals surface area contributed by atoms with Gasteiger partial charge in [-0.1, -0.05) is 6.92 Å². The van der Waals surface area contributed by atoms with E-state index in [1.54, 1.807) is 0 Å². The number of amides is 2. The van der Waals surface area contributed by atoms with E-state index in [1.807, 2.05) is 6.92 Å². The Labute approximate surface area is 92.2 Å². The van der Waals surface area contributed by atoms with Gasteiger partial charge in [0.25, 0.3) is 5.91 Å². The molecule has 0 radical (unpaired) electrons. The van der Waals surface area contributed by atoms with Gasteiger partial charge in [0.05, 0.1) is 0 Å². The van der Waals surface area contributed by atoms with Gasteiger partial charge in [0.1, 0.15) is 12.4 Å². The van der Waals surface area contributed by atoms with Crippen molar-refractivity contribution in [1.29, 1.82) is 0 Å². The van der Waals surface area contributed by atoms with Gasteiger partial charge in [-0.25, -0.2) is 4.98 Å². The summed E-state index contributed by atoms with van der Waals surface area (Å²) in [5.74, 6) is 0.355. The third-order valence-electron chi connectivity index (χ3n) is 2.38. The van der Waals surface area contributed by atoms with Crippen LogP contribution in [0.3, 0.4) is 0 Å². The average molecular weight is 223 g/mol. The molecule has 2 amide bonds. The average Bonchev–Trinajstić information content (AvgIpc) is 2.76. The number of carbonyl (C=O) groups excluding carboxylic acids is 2. The van der Waals surface area contributed by atoms with Crippen molar-refractivity contribution >= 4 is 11.8 Å². The highest BCUT2D eigenvalue weighted by Crippen LogP contribution is 2.02. The highest BCUT2D eigenvalue weighted by atomic mass is 16.2. The normalized spacial score (nSPS) is 16.1. The number of hydrogen-bond donors (Lipinski definition) is 2. The fourth-order valence-corrected chi connectivity index (χ4v) is 1.50. The van der Waals surface area contributed by atoms with Crippen molar-refractivity contribution in [2.24, 2.45) is 0 Å². The lowest BCUT2D eigenvalue weighted by Crippen LogP contribution is -2.50. The van der Waals surface area contributed by atoms with Gasteiger partial charge in [0.2, 0.25) is 11.7 Å². The lowest BCUT2D eigenvalue weighted by molar-refractivity contribution is -0.123. The number of hydrogen-bond acceptors (Lipinski definition) is 4. The smallest absolute Gasteiger partial charge is 0.294 e. The van der Waals surface area contributed by atoms with Gasteiger partial charge in [0, 0.05) is 19.5 Å². The standard InChI is InChI=1S/C9H13N5O2/c1-2-6-11-8(13-12-6)9(16)14-4-3-10-7(15)5-14/h2-5H2,1H3,(H,10,15)(H,11,12,13). The SMILES string of the molecule is CCc1nc(C(=O)N2CCNC(=O)C2)n[nH]1. The summed E-state index contributed by atoms with van der Waals surface area (Å²) in [7, 11) is 0. The maximum atomic E-state index is 11.9. The predicted molar refractivity (Wildman–Crippen MR) is 54.7 cm³/mol. The Kier molecular flexibility index (Phi) is 2.84. The Bertz CT molecular complexity index is 414. The van der Waals surface area contributed by atoms with Crippen molar-refractivity contribution < 1.29 is 9.59 Å². The van der Waals surface area contributed by atoms with Gasteiger partial charge < -0.3 is 10.2 Å². The maximum absolute atomic E-state index is 11.9. The number of nitrogens with zero attached hydrogens (tertiary/aromatic N) is 3. The molecule has 0 spiro atoms. The van der Waals surface area contributed by atoms with Crippen LogP contribution in [0.25, 0.3) is 0 Å². The van der Waals surface area contributed by atoms with Crippen LogP contribution >= 0.6 is 0 Å². The number of rotatable bonds is 2. The van der Waals surface area contributed by atoms with E-state index in [1.165, 1.54) is 4.90 Å². The highest BCUT2D eigenvalue weighted by Gasteiger charge is 2.24. The fraction of sp³-hybridized carbons (Fsp3) is 0.556. The number of H-pyrrole nitrogens is 1. The molecular weight excluding hydrogens is 210 g/mol. The third kappa shape index (κ3) is 2.02. The lowest BCUT2D eigenvalue weighted by Gasteiger charge is -2.25. The molecule has 1 fully saturated rings. The first kappa shape index (κ1) is 10.6. The molecule has 86 valence electrons. The van der Waals surface area contributed by atoms with Crippen molar-refractivity contribution in [3.05, 3.63) is 11.6 Å². The topological polar surface area (TPSA) is 91.0 Å². The Morgan fingerprint density at radius 3 is 3.00 bits per heavy atom. The van der Waals surface area contributed by atoms with Gasteiger partial charge >= 0.3 is 0 Å². The second-order valence-corrected chi connectivity index (χ2v) is 3.54. The van der Waals surface area contributed by atoms with Crippen molar-refractivity contribution in [2.45, 2.75) is 13.3 Å². The van der Waals surface area contributed by atoms with Crippen molar-refractivity contribution in [2.75, 3.05) is 19.6 Å². The Morgan fingerprint density at radius 2 is 2.38 bits per heavy atom. The van der Waals surface area contributed by atoms with Crippen LogP contribution in [0, 0.1) is 0 Å². The predicted octanol–water partition coefficient (Wildman–Crippen LogP) is -1.06. The zero-order valence-corrected chi connectivity index (χ0v) is 8.99. The largest absolute Gasteiger partial charge is 0.353 e. The molecule has 0 unspecified atom stereocenters. The van der Waals surface area contributed by atoms with Crippen LogP contribution in [0.1, 0.15) is 23.4 Å². The Balaban J connectivity index is 2.09. The van der Waals surface area contributed by atoms with Gasteiger partial charge in [-0.15, -0.1) is 5.10 Å². The highest BCUT2D eigenvalue weighted by molar-refractivity contribution is 5.94. The summed E-state index contributed by atoms with van der Waals surface area (Å²) >= 11 is 0. The van der Waals surface area contributed by atoms with E-state index in [0.717, 1.165) is 0 Å². The molecule has 1 aliphatic rings. The maximum Gasteiger partial charge on any atom is 0.294 e. The Morgan fingerprint density at radius 1 is 1.56 bits per heavy atom. The molecule has 2 rings (SSSR count). The molecular formula is C9H13N5O2. The molecule has 0 aliphatic carbocycles. The van der Waals surface area contributed by atoms with Crippen LogP contribution in [-0.2, 0) is 11.2 Å². The molecule has 0 atom stereocenters. The monoisotopic (exact) mass is 223 g/mol. The van der Waals surface area contributed by atoms with Gasteiger partial charge in [-0.05, 0) is 0 Å². The molecule has 0 saturated carbocycles. The number of piperazine rings is 1. The van der Waals surface area contributed by atoms with E-state index >= 15 is 0 Å². The van der Waals surface area contributed by atoms with E-state index in [2.05, 4.69) is 20.5 Å². The molecule has 1 aromatic rings. The van der Waals surface area contributed by atoms with Gasteiger partial charge in [-0.3, -0.25) is 14.7 Å². The zero-order valence-electron chi connectivity index (χ0n) is 8.99. The molecule has 2 N–H and O–H groups in total. The molecule has 2 heterocycles. The summed E-state index contributed by atoms with van der Waals surface area (Å²) in [4.78, 5) is 28.5. The van der Waals surface area contributed by atoms with E-state index < -0.39 is 0 Å². The fourth-order valence-electron chi connectivity index (χ4n) is 1.50. The van der Waals surface area contributed by atoms with Crippen LogP contribution in [0.4, 0.5) is 0 Å². The zero-order chi connectivity index (χ0) is 11.5. The summed E-state index contributed by atoms with van der Waals surface area (Å²) in [6, 6.07) is 0. The minimum atomic E-state index is -0.300. The number of nitrogens with one attached hydrogen (secondary N) is 2. The lowest BCUT2D eigenvalue weighted by atomic mass is 10.3. The van der Waals surface area contributed by atoms with Crippen molar-refractivity contribution in [3.8, 4) is 0 Å². The van der Waals surface area contributed by atoms with Crippen molar-refractivity contribution in [1.82, 2.24) is 25.4 Å². The molecule has 16 heavy (non-hydrogen) atoms. The first-order chi connectivity index (χ1) is 7.70. The summed E-state index contributed by atoms with van der Waals surface area (Å²) in [5, 5.41) is 9.16. The van der Waals surface area contributed by atoms with Crippen LogP contribution in [0.5, 0.6) is 0 Å². The Hall–Kier alpha value is -1.92. The molecule has 0 bridgehead atoms. The molecule has 0 aromatic carbocycles. The van der Waals surface area contributed by atoms with Crippen LogP contribution in [-0.4, -0.2) is 51.5 Å². The van der Waals surface area contributed by atoms with E-state index in [9.17, 15) is 9.59 Å². The number of aromatic nitrogens is 3. The van der Waals surface area contributed by atoms with E-state index in [4.69, 9.17) is 0 Å². The molecule has 1 saturated heterocycles. The molecule has 7 nitrogen and oxygen atoms in total. The number of aryl methyl sites for hydroxylation is 1. The second kappa shape index (κ2) is 4.30. The summed E-state index contributed by atoms with van der Waals surface area (Å²) in [6.07, 6.45) is 0.695. The van der Waals surface area contributed by atoms with E-state index in [-0.39, 0.29) is 24.2 Å². The molecule has 1 aromatic heterocycles. The molecule has 7 heteroatoms. The molecule has 1 aliphatic heterocycles. The van der Waals surface area contributed by atoms with Crippen LogP contribution in [0.15, 0.2) is 0 Å². The minimum absolute atomic E-state index is 0.0782. The first-order valence-corrected chi connectivity index (χ1v) is 5.18. The van der Waals surface area contributed by atoms with Crippen LogP contribution < -0.4 is 5.32 Å². The number of carbonyl (C=O) groups is 2.